The first-order chi connectivity index (χ1) is 12.5. The minimum absolute atomic E-state index is 0.221. The van der Waals surface area contributed by atoms with E-state index in [2.05, 4.69) is 15.6 Å². The number of hydrogen-bond acceptors (Lipinski definition) is 4. The van der Waals surface area contributed by atoms with Crippen LogP contribution in [0.25, 0.3) is 22.0 Å². The average molecular weight is 369 g/mol. The SMILES string of the molecule is CC(C)=NNC(=O)Cn1nc(-c2ccc(Cl)cc2)c2ccccc2c1=O. The van der Waals surface area contributed by atoms with Crippen molar-refractivity contribution in [2.24, 2.45) is 5.10 Å². The first kappa shape index (κ1) is 17.8. The summed E-state index contributed by atoms with van der Waals surface area (Å²) < 4.78 is 1.15. The van der Waals surface area contributed by atoms with Crippen molar-refractivity contribution < 1.29 is 4.79 Å². The van der Waals surface area contributed by atoms with E-state index in [4.69, 9.17) is 11.6 Å². The van der Waals surface area contributed by atoms with E-state index in [0.717, 1.165) is 15.6 Å². The van der Waals surface area contributed by atoms with Gasteiger partial charge < -0.3 is 0 Å². The molecular weight excluding hydrogens is 352 g/mol. The zero-order chi connectivity index (χ0) is 18.7. The predicted octanol–water partition coefficient (Wildman–Crippen LogP) is 3.23. The number of hydrazone groups is 1. The Hall–Kier alpha value is -2.99. The first-order valence-corrected chi connectivity index (χ1v) is 8.39. The van der Waals surface area contributed by atoms with Crippen LogP contribution in [0.2, 0.25) is 5.02 Å². The Balaban J connectivity index is 2.11. The van der Waals surface area contributed by atoms with Crippen molar-refractivity contribution in [1.29, 1.82) is 0 Å². The summed E-state index contributed by atoms with van der Waals surface area (Å²) in [7, 11) is 0. The summed E-state index contributed by atoms with van der Waals surface area (Å²) in [6.45, 7) is 3.31. The number of carbonyl (C=O) groups is 1. The molecule has 3 aromatic rings. The molecule has 0 unspecified atom stereocenters. The number of rotatable bonds is 4. The van der Waals surface area contributed by atoms with Gasteiger partial charge in [-0.05, 0) is 32.0 Å². The number of hydrogen-bond donors (Lipinski definition) is 1. The first-order valence-electron chi connectivity index (χ1n) is 8.01. The number of halogens is 1. The Bertz CT molecular complexity index is 1050. The van der Waals surface area contributed by atoms with Crippen molar-refractivity contribution in [3.63, 3.8) is 0 Å². The van der Waals surface area contributed by atoms with Gasteiger partial charge in [0.2, 0.25) is 0 Å². The molecule has 26 heavy (non-hydrogen) atoms. The van der Waals surface area contributed by atoms with Crippen LogP contribution in [0, 0.1) is 0 Å². The molecule has 0 saturated heterocycles. The number of nitrogens with one attached hydrogen (secondary N) is 1. The number of fused-ring (bicyclic) bond motifs is 1. The maximum atomic E-state index is 12.7. The minimum Gasteiger partial charge on any atom is -0.271 e. The van der Waals surface area contributed by atoms with Crippen molar-refractivity contribution in [3.05, 3.63) is 63.9 Å². The number of nitrogens with zero attached hydrogens (tertiary/aromatic N) is 3. The molecule has 0 fully saturated rings. The van der Waals surface area contributed by atoms with E-state index >= 15 is 0 Å². The molecule has 0 radical (unpaired) electrons. The van der Waals surface area contributed by atoms with E-state index in [1.54, 1.807) is 38.1 Å². The maximum Gasteiger partial charge on any atom is 0.275 e. The van der Waals surface area contributed by atoms with Crippen molar-refractivity contribution >= 4 is 34.0 Å². The van der Waals surface area contributed by atoms with Crippen LogP contribution in [0.4, 0.5) is 0 Å². The molecule has 2 aromatic carbocycles. The molecule has 132 valence electrons. The quantitative estimate of drug-likeness (QED) is 0.567. The van der Waals surface area contributed by atoms with E-state index in [1.165, 1.54) is 0 Å². The van der Waals surface area contributed by atoms with Crippen molar-refractivity contribution in [2.45, 2.75) is 20.4 Å². The smallest absolute Gasteiger partial charge is 0.271 e. The maximum absolute atomic E-state index is 12.7. The molecule has 0 aliphatic rings. The molecule has 1 amide bonds. The van der Waals surface area contributed by atoms with Gasteiger partial charge in [0.15, 0.2) is 0 Å². The van der Waals surface area contributed by atoms with E-state index in [0.29, 0.717) is 21.8 Å². The molecule has 3 rings (SSSR count). The molecule has 6 nitrogen and oxygen atoms in total. The largest absolute Gasteiger partial charge is 0.275 e. The minimum atomic E-state index is -0.418. The molecule has 0 atom stereocenters. The summed E-state index contributed by atoms with van der Waals surface area (Å²) in [5.74, 6) is -0.418. The molecule has 0 saturated carbocycles. The average Bonchev–Trinajstić information content (AvgIpc) is 2.63. The second-order valence-electron chi connectivity index (χ2n) is 5.96. The number of benzene rings is 2. The van der Waals surface area contributed by atoms with Gasteiger partial charge in [0.25, 0.3) is 11.5 Å². The molecule has 0 aliphatic heterocycles. The highest BCUT2D eigenvalue weighted by Gasteiger charge is 2.14. The summed E-state index contributed by atoms with van der Waals surface area (Å²) >= 11 is 5.96. The van der Waals surface area contributed by atoms with Gasteiger partial charge in [0.1, 0.15) is 6.54 Å². The van der Waals surface area contributed by atoms with E-state index in [-0.39, 0.29) is 12.1 Å². The van der Waals surface area contributed by atoms with Crippen molar-refractivity contribution in [1.82, 2.24) is 15.2 Å². The Morgan fingerprint density at radius 3 is 2.42 bits per heavy atom. The van der Waals surface area contributed by atoms with Gasteiger partial charge in [0.05, 0.1) is 11.1 Å². The fourth-order valence-electron chi connectivity index (χ4n) is 2.51. The van der Waals surface area contributed by atoms with Crippen LogP contribution in [-0.4, -0.2) is 21.4 Å². The molecular formula is C19H17ClN4O2. The van der Waals surface area contributed by atoms with E-state index in [1.807, 2.05) is 24.3 Å². The number of carbonyl (C=O) groups excluding carboxylic acids is 1. The van der Waals surface area contributed by atoms with Gasteiger partial charge in [-0.3, -0.25) is 9.59 Å². The van der Waals surface area contributed by atoms with Crippen molar-refractivity contribution in [2.75, 3.05) is 0 Å². The third kappa shape index (κ3) is 3.81. The Morgan fingerprint density at radius 1 is 1.12 bits per heavy atom. The monoisotopic (exact) mass is 368 g/mol. The van der Waals surface area contributed by atoms with Crippen LogP contribution in [0.5, 0.6) is 0 Å². The third-order valence-corrected chi connectivity index (χ3v) is 3.93. The van der Waals surface area contributed by atoms with Crippen LogP contribution in [0.1, 0.15) is 13.8 Å². The molecule has 7 heteroatoms. The van der Waals surface area contributed by atoms with Crippen molar-refractivity contribution in [3.8, 4) is 11.3 Å². The van der Waals surface area contributed by atoms with Crippen LogP contribution in [0.15, 0.2) is 58.4 Å². The van der Waals surface area contributed by atoms with E-state index < -0.39 is 5.91 Å². The van der Waals surface area contributed by atoms with Gasteiger partial charge in [-0.15, -0.1) is 0 Å². The molecule has 0 spiro atoms. The Kier molecular flexibility index (Phi) is 5.14. The summed E-state index contributed by atoms with van der Waals surface area (Å²) in [5.41, 5.74) is 4.20. The molecule has 0 aliphatic carbocycles. The molecule has 1 N–H and O–H groups in total. The summed E-state index contributed by atoms with van der Waals surface area (Å²) in [5, 5.41) is 10.1. The molecule has 0 bridgehead atoms. The summed E-state index contributed by atoms with van der Waals surface area (Å²) in [4.78, 5) is 24.8. The van der Waals surface area contributed by atoms with Gasteiger partial charge >= 0.3 is 0 Å². The highest BCUT2D eigenvalue weighted by atomic mass is 35.5. The van der Waals surface area contributed by atoms with Gasteiger partial charge in [-0.1, -0.05) is 41.9 Å². The van der Waals surface area contributed by atoms with Crippen LogP contribution >= 0.6 is 11.6 Å². The fraction of sp³-hybridized carbons (Fsp3) is 0.158. The lowest BCUT2D eigenvalue weighted by Crippen LogP contribution is -2.32. The molecule has 1 aromatic heterocycles. The van der Waals surface area contributed by atoms with Gasteiger partial charge in [0, 0.05) is 21.7 Å². The predicted molar refractivity (Wildman–Crippen MR) is 103 cm³/mol. The third-order valence-electron chi connectivity index (χ3n) is 3.68. The van der Waals surface area contributed by atoms with Crippen LogP contribution < -0.4 is 11.0 Å². The summed E-state index contributed by atoms with van der Waals surface area (Å²) in [6, 6.07) is 14.4. The lowest BCUT2D eigenvalue weighted by atomic mass is 10.1. The zero-order valence-electron chi connectivity index (χ0n) is 14.4. The second kappa shape index (κ2) is 7.49. The standard InChI is InChI=1S/C19H17ClN4O2/c1-12(2)21-22-17(25)11-24-19(26)16-6-4-3-5-15(16)18(23-24)13-7-9-14(20)10-8-13/h3-10H,11H2,1-2H3,(H,22,25). The lowest BCUT2D eigenvalue weighted by Gasteiger charge is -2.11. The Labute approximate surface area is 155 Å². The lowest BCUT2D eigenvalue weighted by molar-refractivity contribution is -0.121. The van der Waals surface area contributed by atoms with Gasteiger partial charge in [-0.2, -0.15) is 10.2 Å². The molecule has 1 heterocycles. The van der Waals surface area contributed by atoms with Crippen LogP contribution in [0.3, 0.4) is 0 Å². The Morgan fingerprint density at radius 2 is 1.77 bits per heavy atom. The normalized spacial score (nSPS) is 10.6. The van der Waals surface area contributed by atoms with E-state index in [9.17, 15) is 9.59 Å². The highest BCUT2D eigenvalue weighted by Crippen LogP contribution is 2.25. The fourth-order valence-corrected chi connectivity index (χ4v) is 2.63. The topological polar surface area (TPSA) is 76.3 Å². The number of aromatic nitrogens is 2. The number of amides is 1. The second-order valence-corrected chi connectivity index (χ2v) is 6.39. The van der Waals surface area contributed by atoms with Gasteiger partial charge in [-0.25, -0.2) is 10.1 Å². The summed E-state index contributed by atoms with van der Waals surface area (Å²) in [6.07, 6.45) is 0. The highest BCUT2D eigenvalue weighted by molar-refractivity contribution is 6.30. The van der Waals surface area contributed by atoms with Crippen LogP contribution in [-0.2, 0) is 11.3 Å². The zero-order valence-corrected chi connectivity index (χ0v) is 15.1.